The Balaban J connectivity index is 1.32. The van der Waals surface area contributed by atoms with E-state index < -0.39 is 5.91 Å². The number of amides is 1. The Bertz CT molecular complexity index is 1160. The van der Waals surface area contributed by atoms with Crippen molar-refractivity contribution in [1.82, 2.24) is 9.88 Å². The summed E-state index contributed by atoms with van der Waals surface area (Å²) in [5.74, 6) is 1.77. The third-order valence-electron chi connectivity index (χ3n) is 6.21. The molecular formula is C27H34BrN3O4. The first-order valence-corrected chi connectivity index (χ1v) is 13.0. The summed E-state index contributed by atoms with van der Waals surface area (Å²) in [4.78, 5) is 12.2. The maximum atomic E-state index is 12.2. The minimum atomic E-state index is -0.441. The van der Waals surface area contributed by atoms with Crippen molar-refractivity contribution in [3.63, 3.8) is 0 Å². The number of fused-ring (bicyclic) bond motifs is 1. The molecule has 188 valence electrons. The van der Waals surface area contributed by atoms with Crippen LogP contribution in [0.5, 0.6) is 11.5 Å². The predicted molar refractivity (Wildman–Crippen MR) is 141 cm³/mol. The number of ether oxygens (including phenoxy) is 2. The molecule has 1 amide bonds. The van der Waals surface area contributed by atoms with Crippen LogP contribution < -0.4 is 20.5 Å². The minimum Gasteiger partial charge on any atom is -0.489 e. The SMILES string of the molecule is C[C@H](Cc1cc(C(N)=O)c2c(ccn2CCCO)c1)NCCOc1ccc(Br)cc1OCC1CC1. The van der Waals surface area contributed by atoms with E-state index in [4.69, 9.17) is 20.3 Å². The van der Waals surface area contributed by atoms with Gasteiger partial charge in [-0.25, -0.2) is 0 Å². The molecule has 7 nitrogen and oxygen atoms in total. The molecule has 4 rings (SSSR count). The van der Waals surface area contributed by atoms with Crippen molar-refractivity contribution in [3.8, 4) is 11.5 Å². The van der Waals surface area contributed by atoms with E-state index >= 15 is 0 Å². The lowest BCUT2D eigenvalue weighted by Gasteiger charge is -2.17. The van der Waals surface area contributed by atoms with Crippen molar-refractivity contribution < 1.29 is 19.4 Å². The Morgan fingerprint density at radius 1 is 1.23 bits per heavy atom. The molecule has 0 spiro atoms. The molecule has 0 unspecified atom stereocenters. The minimum absolute atomic E-state index is 0.104. The quantitative estimate of drug-likeness (QED) is 0.263. The Hall–Kier alpha value is -2.55. The van der Waals surface area contributed by atoms with Gasteiger partial charge in [0.1, 0.15) is 6.61 Å². The van der Waals surface area contributed by atoms with E-state index in [0.717, 1.165) is 45.5 Å². The molecule has 8 heteroatoms. The number of halogens is 1. The molecule has 3 aromatic rings. The molecule has 0 aliphatic heterocycles. The molecule has 1 aliphatic carbocycles. The number of primary amides is 1. The van der Waals surface area contributed by atoms with E-state index in [-0.39, 0.29) is 12.6 Å². The maximum Gasteiger partial charge on any atom is 0.250 e. The summed E-state index contributed by atoms with van der Waals surface area (Å²) in [6.07, 6.45) is 5.82. The van der Waals surface area contributed by atoms with Crippen LogP contribution in [0.1, 0.15) is 42.1 Å². The van der Waals surface area contributed by atoms with Gasteiger partial charge in [-0.3, -0.25) is 4.79 Å². The molecular weight excluding hydrogens is 510 g/mol. The Labute approximate surface area is 214 Å². The van der Waals surface area contributed by atoms with Crippen LogP contribution in [0.3, 0.4) is 0 Å². The zero-order chi connectivity index (χ0) is 24.8. The number of rotatable bonds is 14. The molecule has 0 radical (unpaired) electrons. The van der Waals surface area contributed by atoms with Gasteiger partial charge in [-0.05, 0) is 80.5 Å². The number of nitrogens with two attached hydrogens (primary N) is 1. The van der Waals surface area contributed by atoms with Crippen LogP contribution in [0.25, 0.3) is 10.9 Å². The Morgan fingerprint density at radius 3 is 2.80 bits per heavy atom. The van der Waals surface area contributed by atoms with E-state index in [0.29, 0.717) is 37.6 Å². The van der Waals surface area contributed by atoms with E-state index in [1.54, 1.807) is 0 Å². The van der Waals surface area contributed by atoms with Crippen molar-refractivity contribution in [2.75, 3.05) is 26.4 Å². The second kappa shape index (κ2) is 11.9. The van der Waals surface area contributed by atoms with E-state index in [1.165, 1.54) is 12.8 Å². The number of nitrogens with one attached hydrogen (secondary N) is 1. The van der Waals surface area contributed by atoms with Gasteiger partial charge in [0, 0.05) is 41.8 Å². The fourth-order valence-electron chi connectivity index (χ4n) is 4.24. The number of carbonyl (C=O) groups is 1. The number of aliphatic hydroxyl groups excluding tert-OH is 1. The van der Waals surface area contributed by atoms with Gasteiger partial charge in [-0.2, -0.15) is 0 Å². The molecule has 2 aromatic carbocycles. The highest BCUT2D eigenvalue weighted by Crippen LogP contribution is 2.34. The van der Waals surface area contributed by atoms with E-state index in [2.05, 4.69) is 34.2 Å². The van der Waals surface area contributed by atoms with Crippen LogP contribution in [0.2, 0.25) is 0 Å². The summed E-state index contributed by atoms with van der Waals surface area (Å²) >= 11 is 3.50. The topological polar surface area (TPSA) is 98.7 Å². The summed E-state index contributed by atoms with van der Waals surface area (Å²) in [5.41, 5.74) is 8.11. The second-order valence-corrected chi connectivity index (χ2v) is 10.2. The first-order valence-electron chi connectivity index (χ1n) is 12.3. The highest BCUT2D eigenvalue weighted by molar-refractivity contribution is 9.10. The van der Waals surface area contributed by atoms with Crippen LogP contribution in [-0.2, 0) is 13.0 Å². The van der Waals surface area contributed by atoms with Crippen molar-refractivity contribution in [1.29, 1.82) is 0 Å². The molecule has 0 bridgehead atoms. The van der Waals surface area contributed by atoms with Crippen LogP contribution in [0, 0.1) is 5.92 Å². The zero-order valence-corrected chi connectivity index (χ0v) is 21.7. The van der Waals surface area contributed by atoms with Gasteiger partial charge in [0.15, 0.2) is 11.5 Å². The lowest BCUT2D eigenvalue weighted by Crippen LogP contribution is -2.32. The lowest BCUT2D eigenvalue weighted by atomic mass is 10.0. The van der Waals surface area contributed by atoms with Crippen molar-refractivity contribution in [2.45, 2.75) is 45.2 Å². The van der Waals surface area contributed by atoms with Gasteiger partial charge < -0.3 is 30.2 Å². The summed E-state index contributed by atoms with van der Waals surface area (Å²) in [7, 11) is 0. The number of aromatic nitrogens is 1. The van der Waals surface area contributed by atoms with Crippen molar-refractivity contribution in [3.05, 3.63) is 58.2 Å². The Kier molecular flexibility index (Phi) is 8.70. The van der Waals surface area contributed by atoms with Crippen molar-refractivity contribution >= 4 is 32.7 Å². The largest absolute Gasteiger partial charge is 0.489 e. The number of nitrogens with zero attached hydrogens (tertiary/aromatic N) is 1. The maximum absolute atomic E-state index is 12.2. The molecule has 35 heavy (non-hydrogen) atoms. The molecule has 1 heterocycles. The first-order chi connectivity index (χ1) is 16.9. The zero-order valence-electron chi connectivity index (χ0n) is 20.1. The van der Waals surface area contributed by atoms with Crippen LogP contribution in [-0.4, -0.2) is 48.0 Å². The molecule has 4 N–H and O–H groups in total. The fourth-order valence-corrected chi connectivity index (χ4v) is 4.58. The number of hydrogen-bond acceptors (Lipinski definition) is 5. The van der Waals surface area contributed by atoms with Gasteiger partial charge in [0.05, 0.1) is 17.7 Å². The summed E-state index contributed by atoms with van der Waals surface area (Å²) < 4.78 is 14.9. The first kappa shape index (κ1) is 25.5. The number of carbonyl (C=O) groups excluding carboxylic acids is 1. The lowest BCUT2D eigenvalue weighted by molar-refractivity contribution is 0.100. The smallest absolute Gasteiger partial charge is 0.250 e. The number of hydrogen-bond donors (Lipinski definition) is 3. The standard InChI is InChI=1S/C27H34BrN3O4/c1-18(30-8-12-34-24-6-5-22(28)16-25(24)35-17-19-3-4-19)13-20-14-21-7-10-31(9-2-11-32)26(21)23(15-20)27(29)33/h5-7,10,14-16,18-19,30,32H,2-4,8-9,11-13,17H2,1H3,(H2,29,33)/t18-/m1/s1. The fraction of sp³-hybridized carbons (Fsp3) is 0.444. The normalized spacial score (nSPS) is 14.3. The number of benzene rings is 2. The monoisotopic (exact) mass is 543 g/mol. The van der Waals surface area contributed by atoms with Gasteiger partial charge in [-0.1, -0.05) is 15.9 Å². The third kappa shape index (κ3) is 6.99. The molecule has 1 atom stereocenters. The highest BCUT2D eigenvalue weighted by atomic mass is 79.9. The highest BCUT2D eigenvalue weighted by Gasteiger charge is 2.22. The van der Waals surface area contributed by atoms with Gasteiger partial charge in [0.25, 0.3) is 5.91 Å². The predicted octanol–water partition coefficient (Wildman–Crippen LogP) is 4.27. The number of aliphatic hydroxyl groups is 1. The summed E-state index contributed by atoms with van der Waals surface area (Å²) in [5, 5.41) is 13.6. The molecule has 1 fully saturated rings. The van der Waals surface area contributed by atoms with Gasteiger partial charge >= 0.3 is 0 Å². The van der Waals surface area contributed by atoms with Crippen molar-refractivity contribution in [2.24, 2.45) is 11.7 Å². The van der Waals surface area contributed by atoms with Gasteiger partial charge in [0.2, 0.25) is 0 Å². The molecule has 1 saturated carbocycles. The third-order valence-corrected chi connectivity index (χ3v) is 6.71. The van der Waals surface area contributed by atoms with Crippen LogP contribution >= 0.6 is 15.9 Å². The van der Waals surface area contributed by atoms with Gasteiger partial charge in [-0.15, -0.1) is 0 Å². The van der Waals surface area contributed by atoms with E-state index in [9.17, 15) is 4.79 Å². The van der Waals surface area contributed by atoms with Crippen LogP contribution in [0.15, 0.2) is 47.1 Å². The molecule has 1 aromatic heterocycles. The Morgan fingerprint density at radius 2 is 2.06 bits per heavy atom. The van der Waals surface area contributed by atoms with Crippen LogP contribution in [0.4, 0.5) is 0 Å². The summed E-state index contributed by atoms with van der Waals surface area (Å²) in [6, 6.07) is 12.0. The number of aryl methyl sites for hydroxylation is 1. The molecule has 0 saturated heterocycles. The summed E-state index contributed by atoms with van der Waals surface area (Å²) in [6.45, 7) is 4.80. The second-order valence-electron chi connectivity index (χ2n) is 9.28. The average molecular weight is 544 g/mol. The molecule has 1 aliphatic rings. The van der Waals surface area contributed by atoms with E-state index in [1.807, 2.05) is 41.1 Å². The average Bonchev–Trinajstić information content (AvgIpc) is 3.58.